The van der Waals surface area contributed by atoms with Crippen molar-refractivity contribution in [3.05, 3.63) is 23.8 Å². The molecular weight excluding hydrogens is 250 g/mol. The molecule has 3 N–H and O–H groups in total. The number of ether oxygens (including phenoxy) is 1. The molecule has 0 aliphatic carbocycles. The van der Waals surface area contributed by atoms with Gasteiger partial charge in [0.2, 0.25) is 0 Å². The molecule has 1 aromatic rings. The second-order valence-electron chi connectivity index (χ2n) is 3.75. The molecule has 0 aliphatic rings. The molecule has 0 spiro atoms. The second-order valence-corrected chi connectivity index (χ2v) is 4.60. The van der Waals surface area contributed by atoms with Gasteiger partial charge in [0.25, 0.3) is 0 Å². The lowest BCUT2D eigenvalue weighted by atomic mass is 10.1. The van der Waals surface area contributed by atoms with E-state index in [0.29, 0.717) is 6.61 Å². The number of oxime groups is 1. The van der Waals surface area contributed by atoms with Gasteiger partial charge in [0.05, 0.1) is 12.2 Å². The molecule has 0 saturated heterocycles. The second kappa shape index (κ2) is 7.13. The standard InChI is InChI=1S/C12H19N3O2S/c1-15(7-8-17-2)9-5-4-6-10(18-3)11(9)12(13)14-16/h4-6,16H,7-8H2,1-3H3,(H2,13,14). The first-order valence-corrected chi connectivity index (χ1v) is 6.73. The maximum Gasteiger partial charge on any atom is 0.173 e. The Morgan fingerprint density at radius 2 is 2.28 bits per heavy atom. The van der Waals surface area contributed by atoms with Crippen LogP contribution in [-0.4, -0.2) is 44.6 Å². The van der Waals surface area contributed by atoms with Crippen LogP contribution in [0.3, 0.4) is 0 Å². The number of hydrogen-bond acceptors (Lipinski definition) is 5. The van der Waals surface area contributed by atoms with Crippen LogP contribution in [0.25, 0.3) is 0 Å². The van der Waals surface area contributed by atoms with Crippen molar-refractivity contribution >= 4 is 23.3 Å². The van der Waals surface area contributed by atoms with E-state index in [1.165, 1.54) is 0 Å². The average Bonchev–Trinajstić information content (AvgIpc) is 2.42. The van der Waals surface area contributed by atoms with Gasteiger partial charge in [0.15, 0.2) is 5.84 Å². The largest absolute Gasteiger partial charge is 0.409 e. The number of nitrogens with two attached hydrogens (primary N) is 1. The van der Waals surface area contributed by atoms with Crippen LogP contribution in [0.15, 0.2) is 28.3 Å². The summed E-state index contributed by atoms with van der Waals surface area (Å²) in [5.74, 6) is 0.124. The van der Waals surface area contributed by atoms with Crippen LogP contribution in [-0.2, 0) is 4.74 Å². The average molecular weight is 269 g/mol. The van der Waals surface area contributed by atoms with E-state index < -0.39 is 0 Å². The number of likely N-dealkylation sites (N-methyl/N-ethyl adjacent to an activating group) is 1. The number of nitrogens with zero attached hydrogens (tertiary/aromatic N) is 2. The van der Waals surface area contributed by atoms with Gasteiger partial charge in [0.1, 0.15) is 0 Å². The molecule has 0 unspecified atom stereocenters. The fraction of sp³-hybridized carbons (Fsp3) is 0.417. The lowest BCUT2D eigenvalue weighted by Crippen LogP contribution is -2.26. The van der Waals surface area contributed by atoms with E-state index in [1.807, 2.05) is 36.4 Å². The Hall–Kier alpha value is -1.40. The lowest BCUT2D eigenvalue weighted by Gasteiger charge is -2.23. The fourth-order valence-corrected chi connectivity index (χ4v) is 2.29. The van der Waals surface area contributed by atoms with Gasteiger partial charge < -0.3 is 20.6 Å². The molecule has 0 aliphatic heterocycles. The normalized spacial score (nSPS) is 11.6. The molecule has 0 fully saturated rings. The van der Waals surface area contributed by atoms with E-state index in [2.05, 4.69) is 5.16 Å². The van der Waals surface area contributed by atoms with Crippen LogP contribution in [0.2, 0.25) is 0 Å². The quantitative estimate of drug-likeness (QED) is 0.270. The zero-order valence-electron chi connectivity index (χ0n) is 10.9. The summed E-state index contributed by atoms with van der Waals surface area (Å²) in [6.07, 6.45) is 1.96. The van der Waals surface area contributed by atoms with Gasteiger partial charge >= 0.3 is 0 Å². The number of benzene rings is 1. The molecular formula is C12H19N3O2S. The minimum Gasteiger partial charge on any atom is -0.409 e. The highest BCUT2D eigenvalue weighted by molar-refractivity contribution is 7.98. The van der Waals surface area contributed by atoms with Gasteiger partial charge in [-0.15, -0.1) is 11.8 Å². The van der Waals surface area contributed by atoms with Crippen LogP contribution in [0.4, 0.5) is 5.69 Å². The van der Waals surface area contributed by atoms with Crippen molar-refractivity contribution in [1.29, 1.82) is 0 Å². The Morgan fingerprint density at radius 1 is 1.56 bits per heavy atom. The molecule has 0 bridgehead atoms. The maximum absolute atomic E-state index is 8.90. The fourth-order valence-electron chi connectivity index (χ4n) is 1.66. The summed E-state index contributed by atoms with van der Waals surface area (Å²) >= 11 is 1.56. The van der Waals surface area contributed by atoms with E-state index in [9.17, 15) is 0 Å². The number of anilines is 1. The molecule has 18 heavy (non-hydrogen) atoms. The molecule has 0 atom stereocenters. The number of rotatable bonds is 6. The van der Waals surface area contributed by atoms with E-state index in [4.69, 9.17) is 15.7 Å². The highest BCUT2D eigenvalue weighted by Crippen LogP contribution is 2.28. The molecule has 0 aromatic heterocycles. The summed E-state index contributed by atoms with van der Waals surface area (Å²) in [5.41, 5.74) is 7.45. The molecule has 0 amide bonds. The van der Waals surface area contributed by atoms with Crippen LogP contribution in [0.1, 0.15) is 5.56 Å². The number of methoxy groups -OCH3 is 1. The summed E-state index contributed by atoms with van der Waals surface area (Å²) in [4.78, 5) is 3.00. The van der Waals surface area contributed by atoms with Gasteiger partial charge in [-0.1, -0.05) is 11.2 Å². The molecule has 100 valence electrons. The molecule has 1 aromatic carbocycles. The number of thioether (sulfide) groups is 1. The van der Waals surface area contributed by atoms with Gasteiger partial charge in [0, 0.05) is 31.3 Å². The van der Waals surface area contributed by atoms with E-state index in [0.717, 1.165) is 22.7 Å². The van der Waals surface area contributed by atoms with Crippen LogP contribution >= 0.6 is 11.8 Å². The minimum atomic E-state index is 0.124. The molecule has 0 heterocycles. The Balaban J connectivity index is 3.17. The zero-order chi connectivity index (χ0) is 13.5. The van der Waals surface area contributed by atoms with Crippen molar-refractivity contribution in [2.45, 2.75) is 4.90 Å². The van der Waals surface area contributed by atoms with Crippen LogP contribution < -0.4 is 10.6 Å². The Morgan fingerprint density at radius 3 is 2.83 bits per heavy atom. The zero-order valence-corrected chi connectivity index (χ0v) is 11.7. The first-order valence-electron chi connectivity index (χ1n) is 5.50. The summed E-state index contributed by atoms with van der Waals surface area (Å²) in [7, 11) is 3.61. The summed E-state index contributed by atoms with van der Waals surface area (Å²) in [6, 6.07) is 5.85. The van der Waals surface area contributed by atoms with Crippen molar-refractivity contribution in [1.82, 2.24) is 0 Å². The van der Waals surface area contributed by atoms with Gasteiger partial charge in [-0.3, -0.25) is 0 Å². The Labute approximate surface area is 112 Å². The highest BCUT2D eigenvalue weighted by atomic mass is 32.2. The minimum absolute atomic E-state index is 0.124. The van der Waals surface area contributed by atoms with E-state index >= 15 is 0 Å². The van der Waals surface area contributed by atoms with Crippen molar-refractivity contribution in [3.63, 3.8) is 0 Å². The van der Waals surface area contributed by atoms with Crippen LogP contribution in [0, 0.1) is 0 Å². The highest BCUT2D eigenvalue weighted by Gasteiger charge is 2.15. The van der Waals surface area contributed by atoms with Gasteiger partial charge in [-0.05, 0) is 18.4 Å². The predicted octanol–water partition coefficient (Wildman–Crippen LogP) is 1.59. The van der Waals surface area contributed by atoms with Gasteiger partial charge in [-0.2, -0.15) is 0 Å². The van der Waals surface area contributed by atoms with Crippen molar-refractivity contribution < 1.29 is 9.94 Å². The Bertz CT molecular complexity index is 424. The summed E-state index contributed by atoms with van der Waals surface area (Å²) in [6.45, 7) is 1.36. The third-order valence-corrected chi connectivity index (χ3v) is 3.41. The van der Waals surface area contributed by atoms with Crippen molar-refractivity contribution in [3.8, 4) is 0 Å². The van der Waals surface area contributed by atoms with Crippen molar-refractivity contribution in [2.75, 3.05) is 38.5 Å². The maximum atomic E-state index is 8.90. The third-order valence-electron chi connectivity index (χ3n) is 2.63. The SMILES string of the molecule is COCCN(C)c1cccc(SC)c1/C(N)=N/O. The van der Waals surface area contributed by atoms with Crippen molar-refractivity contribution in [2.24, 2.45) is 10.9 Å². The lowest BCUT2D eigenvalue weighted by molar-refractivity contribution is 0.206. The number of amidine groups is 1. The molecule has 0 saturated carbocycles. The van der Waals surface area contributed by atoms with Crippen LogP contribution in [0.5, 0.6) is 0 Å². The topological polar surface area (TPSA) is 71.1 Å². The molecule has 1 rings (SSSR count). The predicted molar refractivity (Wildman–Crippen MR) is 75.9 cm³/mol. The Kier molecular flexibility index (Phi) is 5.80. The first-order chi connectivity index (χ1) is 8.65. The first kappa shape index (κ1) is 14.7. The van der Waals surface area contributed by atoms with E-state index in [-0.39, 0.29) is 5.84 Å². The van der Waals surface area contributed by atoms with E-state index in [1.54, 1.807) is 18.9 Å². The molecule has 6 heteroatoms. The smallest absolute Gasteiger partial charge is 0.173 e. The summed E-state index contributed by atoms with van der Waals surface area (Å²) < 4.78 is 5.06. The third kappa shape index (κ3) is 3.30. The monoisotopic (exact) mass is 269 g/mol. The molecule has 5 nitrogen and oxygen atoms in total. The number of hydrogen-bond donors (Lipinski definition) is 2. The summed E-state index contributed by atoms with van der Waals surface area (Å²) in [5, 5.41) is 12.0. The van der Waals surface area contributed by atoms with Gasteiger partial charge in [-0.25, -0.2) is 0 Å². The molecule has 0 radical (unpaired) electrons.